The minimum atomic E-state index is -3.12. The number of benzene rings is 1. The van der Waals surface area contributed by atoms with E-state index in [0.29, 0.717) is 29.8 Å². The molecule has 1 aliphatic carbocycles. The Kier molecular flexibility index (Phi) is 4.10. The summed E-state index contributed by atoms with van der Waals surface area (Å²) in [5.41, 5.74) is 1.51. The number of carbonyl (C=O) groups is 1. The van der Waals surface area contributed by atoms with Crippen LogP contribution in [-0.4, -0.2) is 52.6 Å². The van der Waals surface area contributed by atoms with Gasteiger partial charge in [-0.3, -0.25) is 4.79 Å². The van der Waals surface area contributed by atoms with Gasteiger partial charge >= 0.3 is 0 Å². The number of fused-ring (bicyclic) bond motifs is 1. The minimum Gasteiger partial charge on any atom is -0.333 e. The van der Waals surface area contributed by atoms with Gasteiger partial charge in [0.15, 0.2) is 9.84 Å². The largest absolute Gasteiger partial charge is 0.333 e. The van der Waals surface area contributed by atoms with Gasteiger partial charge in [0.25, 0.3) is 5.91 Å². The lowest BCUT2D eigenvalue weighted by atomic mass is 10.1. The van der Waals surface area contributed by atoms with Crippen LogP contribution in [0.5, 0.6) is 0 Å². The number of nitrogens with zero attached hydrogens (tertiary/aromatic N) is 3. The van der Waals surface area contributed by atoms with Crippen LogP contribution in [0.25, 0.3) is 5.69 Å². The Morgan fingerprint density at radius 2 is 2.12 bits per heavy atom. The summed E-state index contributed by atoms with van der Waals surface area (Å²) in [5, 5.41) is 3.89. The molecule has 0 N–H and O–H groups in total. The molecule has 26 heavy (non-hydrogen) atoms. The predicted molar refractivity (Wildman–Crippen MR) is 94.5 cm³/mol. The quantitative estimate of drug-likeness (QED) is 0.804. The van der Waals surface area contributed by atoms with E-state index >= 15 is 0 Å². The van der Waals surface area contributed by atoms with Crippen LogP contribution in [0.4, 0.5) is 4.39 Å². The molecule has 8 heteroatoms. The molecule has 2 atom stereocenters. The maximum Gasteiger partial charge on any atom is 0.257 e. The van der Waals surface area contributed by atoms with Crippen molar-refractivity contribution in [3.05, 3.63) is 47.5 Å². The first-order chi connectivity index (χ1) is 12.4. The van der Waals surface area contributed by atoms with Crippen LogP contribution in [0.2, 0.25) is 0 Å². The molecule has 0 radical (unpaired) electrons. The van der Waals surface area contributed by atoms with E-state index in [-0.39, 0.29) is 30.1 Å². The highest BCUT2D eigenvalue weighted by molar-refractivity contribution is 7.92. The number of hydrogen-bond donors (Lipinski definition) is 0. The second kappa shape index (κ2) is 6.19. The van der Waals surface area contributed by atoms with Gasteiger partial charge in [0.2, 0.25) is 0 Å². The summed E-state index contributed by atoms with van der Waals surface area (Å²) in [5.74, 6) is -0.563. The standard InChI is InChI=1S/C18H20FN3O3S/c1-12-15(11-22(20-12)14-5-2-4-13(19)10-14)18(23)21-8-9-26(24,25)17-7-3-6-16(17)21/h2,4-5,10-11,16-17H,3,6-9H2,1H3. The first-order valence-corrected chi connectivity index (χ1v) is 10.4. The van der Waals surface area contributed by atoms with Crippen molar-refractivity contribution in [3.8, 4) is 5.69 Å². The van der Waals surface area contributed by atoms with Crippen molar-refractivity contribution in [2.45, 2.75) is 37.5 Å². The van der Waals surface area contributed by atoms with Crippen LogP contribution in [0.15, 0.2) is 30.5 Å². The number of sulfone groups is 1. The molecule has 2 fully saturated rings. The minimum absolute atomic E-state index is 0.0109. The van der Waals surface area contributed by atoms with E-state index in [4.69, 9.17) is 0 Å². The fourth-order valence-electron chi connectivity index (χ4n) is 4.05. The highest BCUT2D eigenvalue weighted by atomic mass is 32.2. The number of hydrogen-bond acceptors (Lipinski definition) is 4. The highest BCUT2D eigenvalue weighted by Crippen LogP contribution is 2.34. The summed E-state index contributed by atoms with van der Waals surface area (Å²) in [6.07, 6.45) is 3.75. The monoisotopic (exact) mass is 377 g/mol. The van der Waals surface area contributed by atoms with E-state index in [1.165, 1.54) is 16.8 Å². The van der Waals surface area contributed by atoms with Crippen molar-refractivity contribution >= 4 is 15.7 Å². The molecular weight excluding hydrogens is 357 g/mol. The van der Waals surface area contributed by atoms with Crippen molar-refractivity contribution in [2.24, 2.45) is 0 Å². The molecule has 0 spiro atoms. The van der Waals surface area contributed by atoms with Crippen LogP contribution in [-0.2, 0) is 9.84 Å². The molecule has 0 bridgehead atoms. The van der Waals surface area contributed by atoms with E-state index in [2.05, 4.69) is 5.10 Å². The zero-order valence-corrected chi connectivity index (χ0v) is 15.2. The van der Waals surface area contributed by atoms with E-state index in [1.807, 2.05) is 0 Å². The molecule has 1 amide bonds. The van der Waals surface area contributed by atoms with Crippen molar-refractivity contribution < 1.29 is 17.6 Å². The molecule has 1 aromatic heterocycles. The lowest BCUT2D eigenvalue weighted by Gasteiger charge is -2.37. The lowest BCUT2D eigenvalue weighted by molar-refractivity contribution is 0.0686. The molecule has 1 saturated heterocycles. The molecular formula is C18H20FN3O3S. The summed E-state index contributed by atoms with van der Waals surface area (Å²) >= 11 is 0. The second-order valence-electron chi connectivity index (χ2n) is 6.95. The summed E-state index contributed by atoms with van der Waals surface area (Å²) in [6, 6.07) is 5.74. The number of halogens is 1. The van der Waals surface area contributed by atoms with Gasteiger partial charge in [0.1, 0.15) is 5.82 Å². The van der Waals surface area contributed by atoms with Crippen LogP contribution >= 0.6 is 0 Å². The zero-order chi connectivity index (χ0) is 18.5. The van der Waals surface area contributed by atoms with Crippen LogP contribution in [0, 0.1) is 12.7 Å². The first kappa shape index (κ1) is 17.2. The third-order valence-electron chi connectivity index (χ3n) is 5.36. The highest BCUT2D eigenvalue weighted by Gasteiger charge is 2.46. The molecule has 2 heterocycles. The number of aromatic nitrogens is 2. The maximum absolute atomic E-state index is 13.5. The van der Waals surface area contributed by atoms with Crippen molar-refractivity contribution in [3.63, 3.8) is 0 Å². The molecule has 1 aromatic carbocycles. The average Bonchev–Trinajstić information content (AvgIpc) is 3.22. The summed E-state index contributed by atoms with van der Waals surface area (Å²) < 4.78 is 39.5. The van der Waals surface area contributed by atoms with Gasteiger partial charge in [-0.05, 0) is 44.4 Å². The molecule has 1 aliphatic heterocycles. The fourth-order valence-corrected chi connectivity index (χ4v) is 6.09. The molecule has 2 aliphatic rings. The Hall–Kier alpha value is -2.22. The van der Waals surface area contributed by atoms with E-state index < -0.39 is 15.1 Å². The van der Waals surface area contributed by atoms with Crippen molar-refractivity contribution in [1.29, 1.82) is 0 Å². The number of rotatable bonds is 2. The SMILES string of the molecule is Cc1nn(-c2cccc(F)c2)cc1C(=O)N1CCS(=O)(=O)C2CCCC21. The van der Waals surface area contributed by atoms with Gasteiger partial charge in [-0.1, -0.05) is 6.07 Å². The lowest BCUT2D eigenvalue weighted by Crippen LogP contribution is -2.54. The topological polar surface area (TPSA) is 72.3 Å². The second-order valence-corrected chi connectivity index (χ2v) is 9.29. The Balaban J connectivity index is 1.65. The van der Waals surface area contributed by atoms with Crippen molar-refractivity contribution in [2.75, 3.05) is 12.3 Å². The van der Waals surface area contributed by atoms with Gasteiger partial charge in [-0.2, -0.15) is 5.10 Å². The number of carbonyl (C=O) groups excluding carboxylic acids is 1. The van der Waals surface area contributed by atoms with Gasteiger partial charge in [0.05, 0.1) is 27.9 Å². The molecule has 2 aromatic rings. The average molecular weight is 377 g/mol. The van der Waals surface area contributed by atoms with Gasteiger partial charge in [0, 0.05) is 18.8 Å². The number of aryl methyl sites for hydroxylation is 1. The molecule has 1 saturated carbocycles. The smallest absolute Gasteiger partial charge is 0.257 e. The Morgan fingerprint density at radius 3 is 2.88 bits per heavy atom. The third kappa shape index (κ3) is 2.82. The Labute approximate surface area is 151 Å². The Morgan fingerprint density at radius 1 is 1.31 bits per heavy atom. The van der Waals surface area contributed by atoms with Crippen LogP contribution < -0.4 is 0 Å². The third-order valence-corrected chi connectivity index (χ3v) is 7.58. The van der Waals surface area contributed by atoms with Gasteiger partial charge < -0.3 is 4.90 Å². The summed E-state index contributed by atoms with van der Waals surface area (Å²) in [4.78, 5) is 14.8. The van der Waals surface area contributed by atoms with E-state index in [1.54, 1.807) is 30.2 Å². The van der Waals surface area contributed by atoms with E-state index in [0.717, 1.165) is 6.42 Å². The predicted octanol–water partition coefficient (Wildman–Crippen LogP) is 2.11. The van der Waals surface area contributed by atoms with Crippen LogP contribution in [0.1, 0.15) is 35.3 Å². The normalized spacial score (nSPS) is 24.5. The molecule has 2 unspecified atom stereocenters. The first-order valence-electron chi connectivity index (χ1n) is 8.71. The zero-order valence-electron chi connectivity index (χ0n) is 14.4. The number of amides is 1. The molecule has 6 nitrogen and oxygen atoms in total. The van der Waals surface area contributed by atoms with Crippen molar-refractivity contribution in [1.82, 2.24) is 14.7 Å². The maximum atomic E-state index is 13.5. The molecule has 138 valence electrons. The fraction of sp³-hybridized carbons (Fsp3) is 0.444. The van der Waals surface area contributed by atoms with Gasteiger partial charge in [-0.25, -0.2) is 17.5 Å². The summed E-state index contributed by atoms with van der Waals surface area (Å²) in [6.45, 7) is 1.95. The van der Waals surface area contributed by atoms with E-state index in [9.17, 15) is 17.6 Å². The molecule has 4 rings (SSSR count). The van der Waals surface area contributed by atoms with Gasteiger partial charge in [-0.15, -0.1) is 0 Å². The summed E-state index contributed by atoms with van der Waals surface area (Å²) in [7, 11) is -3.12. The Bertz CT molecular complexity index is 970. The van der Waals surface area contributed by atoms with Crippen LogP contribution in [0.3, 0.4) is 0 Å².